The van der Waals surface area contributed by atoms with Gasteiger partial charge in [-0.15, -0.1) is 11.3 Å². The summed E-state index contributed by atoms with van der Waals surface area (Å²) in [6.07, 6.45) is -0.232. The third-order valence-electron chi connectivity index (χ3n) is 5.01. The van der Waals surface area contributed by atoms with Crippen LogP contribution in [0.5, 0.6) is 5.75 Å². The summed E-state index contributed by atoms with van der Waals surface area (Å²) in [6, 6.07) is 14.4. The average Bonchev–Trinajstić information content (AvgIpc) is 3.16. The van der Waals surface area contributed by atoms with Crippen LogP contribution in [0.2, 0.25) is 0 Å². The van der Waals surface area contributed by atoms with Gasteiger partial charge in [0, 0.05) is 37.4 Å². The first-order chi connectivity index (χ1) is 14.3. The summed E-state index contributed by atoms with van der Waals surface area (Å²) < 4.78 is 11.9. The molecule has 3 aromatic rings. The van der Waals surface area contributed by atoms with E-state index in [4.69, 9.17) is 14.5 Å². The monoisotopic (exact) mass is 425 g/mol. The molecule has 0 aliphatic carbocycles. The highest BCUT2D eigenvalue weighted by Gasteiger charge is 2.26. The Morgan fingerprint density at radius 3 is 2.37 bits per heavy atom. The average molecular weight is 426 g/mol. The number of fused-ring (bicyclic) bond motifs is 1. The molecule has 1 amide bonds. The van der Waals surface area contributed by atoms with Gasteiger partial charge < -0.3 is 19.3 Å². The van der Waals surface area contributed by atoms with Crippen molar-refractivity contribution in [2.75, 3.05) is 38.2 Å². The number of benzene rings is 2. The molecule has 30 heavy (non-hydrogen) atoms. The fourth-order valence-electron chi connectivity index (χ4n) is 3.44. The van der Waals surface area contributed by atoms with Gasteiger partial charge in [0.1, 0.15) is 16.4 Å². The third-order valence-corrected chi connectivity index (χ3v) is 6.07. The Morgan fingerprint density at radius 1 is 1.03 bits per heavy atom. The first-order valence-electron chi connectivity index (χ1n) is 10.1. The van der Waals surface area contributed by atoms with E-state index in [9.17, 15) is 4.79 Å². The smallest absolute Gasteiger partial charge is 0.410 e. The largest absolute Gasteiger partial charge is 0.497 e. The number of nitrogens with zero attached hydrogens (tertiary/aromatic N) is 3. The zero-order valence-corrected chi connectivity index (χ0v) is 18.7. The SMILES string of the molecule is COc1ccc2nc(-c3ccc(N4CCN(C(=O)OC(C)(C)C)CC4)cc3)sc2c1. The van der Waals surface area contributed by atoms with Crippen molar-refractivity contribution in [1.29, 1.82) is 0 Å². The first-order valence-corrected chi connectivity index (χ1v) is 10.9. The molecule has 7 heteroatoms. The molecule has 1 aliphatic heterocycles. The van der Waals surface area contributed by atoms with Crippen LogP contribution in [0, 0.1) is 0 Å². The molecule has 0 radical (unpaired) electrons. The maximum Gasteiger partial charge on any atom is 0.410 e. The number of anilines is 1. The summed E-state index contributed by atoms with van der Waals surface area (Å²) in [4.78, 5) is 21.1. The van der Waals surface area contributed by atoms with E-state index in [1.807, 2.05) is 39.0 Å². The number of thiazole rings is 1. The van der Waals surface area contributed by atoms with Crippen molar-refractivity contribution in [2.24, 2.45) is 0 Å². The van der Waals surface area contributed by atoms with Crippen LogP contribution in [-0.4, -0.2) is 54.9 Å². The van der Waals surface area contributed by atoms with Gasteiger partial charge in [0.15, 0.2) is 0 Å². The standard InChI is InChI=1S/C23H27N3O3S/c1-23(2,3)29-22(27)26-13-11-25(12-14-26)17-7-5-16(6-8-17)21-24-19-10-9-18(28-4)15-20(19)30-21/h5-10,15H,11-14H2,1-4H3. The van der Waals surface area contributed by atoms with Crippen molar-refractivity contribution in [1.82, 2.24) is 9.88 Å². The molecule has 1 aromatic heterocycles. The molecule has 0 unspecified atom stereocenters. The van der Waals surface area contributed by atoms with Crippen LogP contribution in [-0.2, 0) is 4.74 Å². The first kappa shape index (κ1) is 20.5. The minimum Gasteiger partial charge on any atom is -0.497 e. The second kappa shape index (κ2) is 8.14. The molecule has 0 atom stereocenters. The second-order valence-electron chi connectivity index (χ2n) is 8.35. The van der Waals surface area contributed by atoms with Gasteiger partial charge in [-0.1, -0.05) is 0 Å². The van der Waals surface area contributed by atoms with Crippen LogP contribution in [0.3, 0.4) is 0 Å². The van der Waals surface area contributed by atoms with Gasteiger partial charge in [0.2, 0.25) is 0 Å². The number of ether oxygens (including phenoxy) is 2. The van der Waals surface area contributed by atoms with Crippen LogP contribution in [0.25, 0.3) is 20.8 Å². The number of amides is 1. The zero-order chi connectivity index (χ0) is 21.3. The van der Waals surface area contributed by atoms with Crippen molar-refractivity contribution in [3.63, 3.8) is 0 Å². The number of methoxy groups -OCH3 is 1. The molecule has 158 valence electrons. The fraction of sp³-hybridized carbons (Fsp3) is 0.391. The van der Waals surface area contributed by atoms with Crippen molar-refractivity contribution in [2.45, 2.75) is 26.4 Å². The molecular weight excluding hydrogens is 398 g/mol. The van der Waals surface area contributed by atoms with Crippen LogP contribution in [0.1, 0.15) is 20.8 Å². The number of rotatable bonds is 3. The maximum atomic E-state index is 12.2. The minimum atomic E-state index is -0.462. The minimum absolute atomic E-state index is 0.232. The number of carbonyl (C=O) groups excluding carboxylic acids is 1. The summed E-state index contributed by atoms with van der Waals surface area (Å²) in [5.74, 6) is 0.846. The molecule has 1 aliphatic rings. The Bertz CT molecular complexity index is 1030. The van der Waals surface area contributed by atoms with Gasteiger partial charge in [-0.05, 0) is 63.2 Å². The summed E-state index contributed by atoms with van der Waals surface area (Å²) in [7, 11) is 1.68. The molecule has 1 fully saturated rings. The molecular formula is C23H27N3O3S. The maximum absolute atomic E-state index is 12.2. The van der Waals surface area contributed by atoms with Crippen molar-refractivity contribution >= 4 is 33.3 Å². The van der Waals surface area contributed by atoms with E-state index in [0.29, 0.717) is 13.1 Å². The lowest BCUT2D eigenvalue weighted by Gasteiger charge is -2.36. The number of carbonyl (C=O) groups is 1. The van der Waals surface area contributed by atoms with Gasteiger partial charge in [-0.2, -0.15) is 0 Å². The van der Waals surface area contributed by atoms with Gasteiger partial charge in [-0.25, -0.2) is 9.78 Å². The van der Waals surface area contributed by atoms with E-state index in [1.54, 1.807) is 23.3 Å². The van der Waals surface area contributed by atoms with Crippen LogP contribution < -0.4 is 9.64 Å². The Hall–Kier alpha value is -2.80. The molecule has 0 spiro atoms. The lowest BCUT2D eigenvalue weighted by Crippen LogP contribution is -2.50. The van der Waals surface area contributed by atoms with Crippen LogP contribution in [0.15, 0.2) is 42.5 Å². The number of piperazine rings is 1. The highest BCUT2D eigenvalue weighted by Crippen LogP contribution is 2.33. The number of hydrogen-bond donors (Lipinski definition) is 0. The quantitative estimate of drug-likeness (QED) is 0.589. The topological polar surface area (TPSA) is 54.9 Å². The normalized spacial score (nSPS) is 14.8. The van der Waals surface area contributed by atoms with Gasteiger partial charge in [0.25, 0.3) is 0 Å². The predicted molar refractivity (Wildman–Crippen MR) is 122 cm³/mol. The molecule has 2 heterocycles. The Labute approximate surface area is 181 Å². The zero-order valence-electron chi connectivity index (χ0n) is 17.8. The number of aromatic nitrogens is 1. The Kier molecular flexibility index (Phi) is 5.56. The molecule has 0 saturated carbocycles. The van der Waals surface area contributed by atoms with E-state index in [0.717, 1.165) is 45.3 Å². The molecule has 1 saturated heterocycles. The van der Waals surface area contributed by atoms with Gasteiger partial charge >= 0.3 is 6.09 Å². The molecule has 4 rings (SSSR count). The molecule has 2 aromatic carbocycles. The van der Waals surface area contributed by atoms with Crippen molar-refractivity contribution < 1.29 is 14.3 Å². The third kappa shape index (κ3) is 4.51. The van der Waals surface area contributed by atoms with E-state index >= 15 is 0 Å². The summed E-state index contributed by atoms with van der Waals surface area (Å²) in [6.45, 7) is 8.59. The predicted octanol–water partition coefficient (Wildman–Crippen LogP) is 5.03. The fourth-order valence-corrected chi connectivity index (χ4v) is 4.44. The van der Waals surface area contributed by atoms with E-state index < -0.39 is 5.60 Å². The van der Waals surface area contributed by atoms with E-state index in [1.165, 1.54) is 0 Å². The Morgan fingerprint density at radius 2 is 1.73 bits per heavy atom. The highest BCUT2D eigenvalue weighted by atomic mass is 32.1. The van der Waals surface area contributed by atoms with Gasteiger partial charge in [0.05, 0.1) is 17.3 Å². The molecule has 0 N–H and O–H groups in total. The molecule has 0 bridgehead atoms. The van der Waals surface area contributed by atoms with Gasteiger partial charge in [-0.3, -0.25) is 0 Å². The van der Waals surface area contributed by atoms with Crippen molar-refractivity contribution in [3.8, 4) is 16.3 Å². The summed E-state index contributed by atoms with van der Waals surface area (Å²) in [5.41, 5.74) is 2.78. The lowest BCUT2D eigenvalue weighted by atomic mass is 10.2. The summed E-state index contributed by atoms with van der Waals surface area (Å²) >= 11 is 1.67. The Balaban J connectivity index is 1.41. The highest BCUT2D eigenvalue weighted by molar-refractivity contribution is 7.21. The van der Waals surface area contributed by atoms with E-state index in [-0.39, 0.29) is 6.09 Å². The number of hydrogen-bond acceptors (Lipinski definition) is 6. The van der Waals surface area contributed by atoms with E-state index in [2.05, 4.69) is 29.2 Å². The van der Waals surface area contributed by atoms with Crippen molar-refractivity contribution in [3.05, 3.63) is 42.5 Å². The molecule has 6 nitrogen and oxygen atoms in total. The van der Waals surface area contributed by atoms with Crippen LogP contribution >= 0.6 is 11.3 Å². The summed E-state index contributed by atoms with van der Waals surface area (Å²) in [5, 5.41) is 1.000. The lowest BCUT2D eigenvalue weighted by molar-refractivity contribution is 0.0240. The second-order valence-corrected chi connectivity index (χ2v) is 9.38. The van der Waals surface area contributed by atoms with Crippen LogP contribution in [0.4, 0.5) is 10.5 Å².